The van der Waals surface area contributed by atoms with E-state index in [4.69, 9.17) is 21.1 Å². The van der Waals surface area contributed by atoms with Gasteiger partial charge in [-0.15, -0.1) is 0 Å². The van der Waals surface area contributed by atoms with E-state index in [0.29, 0.717) is 33.5 Å². The van der Waals surface area contributed by atoms with E-state index in [1.54, 1.807) is 42.5 Å². The number of fused-ring (bicyclic) bond motifs is 1. The molecule has 1 aliphatic heterocycles. The number of hydrogen-bond donors (Lipinski definition) is 3. The minimum absolute atomic E-state index is 0.0600. The van der Waals surface area contributed by atoms with Crippen molar-refractivity contribution < 1.29 is 19.1 Å². The maximum absolute atomic E-state index is 12.8. The normalized spacial score (nSPS) is 12.8. The third kappa shape index (κ3) is 5.01. The largest absolute Gasteiger partial charge is 0.454 e. The summed E-state index contributed by atoms with van der Waals surface area (Å²) in [4.78, 5) is 25.4. The van der Waals surface area contributed by atoms with Crippen molar-refractivity contribution in [1.29, 1.82) is 0 Å². The second kappa shape index (κ2) is 9.72. The predicted molar refractivity (Wildman–Crippen MR) is 123 cm³/mol. The number of benzene rings is 3. The van der Waals surface area contributed by atoms with Crippen LogP contribution in [0.4, 0.5) is 11.4 Å². The molecule has 0 spiro atoms. The molecule has 4 rings (SSSR count). The minimum Gasteiger partial charge on any atom is -0.454 e. The van der Waals surface area contributed by atoms with Crippen LogP contribution in [0.15, 0.2) is 66.7 Å². The molecule has 8 heteroatoms. The van der Waals surface area contributed by atoms with E-state index in [1.807, 2.05) is 31.2 Å². The van der Waals surface area contributed by atoms with Gasteiger partial charge in [0.2, 0.25) is 12.7 Å². The van der Waals surface area contributed by atoms with Crippen LogP contribution in [0.3, 0.4) is 0 Å². The topological polar surface area (TPSA) is 88.7 Å². The highest BCUT2D eigenvalue weighted by Crippen LogP contribution is 2.34. The molecule has 3 aromatic carbocycles. The lowest BCUT2D eigenvalue weighted by Gasteiger charge is -2.16. The number of hydrogen-bond acceptors (Lipinski definition) is 5. The SMILES string of the molecule is C[C@@H](NCC(=O)Nc1ccccc1C(=O)Nc1ccc2c(c1)OCO2)c1ccccc1Cl. The number of carbonyl (C=O) groups is 2. The van der Waals surface area contributed by atoms with Crippen LogP contribution < -0.4 is 25.4 Å². The van der Waals surface area contributed by atoms with Crippen molar-refractivity contribution in [3.8, 4) is 11.5 Å². The van der Waals surface area contributed by atoms with Crippen LogP contribution in [0.5, 0.6) is 11.5 Å². The van der Waals surface area contributed by atoms with Gasteiger partial charge < -0.3 is 25.4 Å². The zero-order valence-electron chi connectivity index (χ0n) is 17.4. The molecule has 164 valence electrons. The van der Waals surface area contributed by atoms with Crippen LogP contribution in [0, 0.1) is 0 Å². The Balaban J connectivity index is 1.39. The molecule has 0 aliphatic carbocycles. The second-order valence-corrected chi connectivity index (χ2v) is 7.65. The first-order valence-corrected chi connectivity index (χ1v) is 10.5. The Hall–Kier alpha value is -3.55. The van der Waals surface area contributed by atoms with E-state index in [9.17, 15) is 9.59 Å². The molecule has 3 N–H and O–H groups in total. The van der Waals surface area contributed by atoms with E-state index in [-0.39, 0.29) is 31.2 Å². The van der Waals surface area contributed by atoms with Crippen molar-refractivity contribution in [2.75, 3.05) is 24.0 Å². The van der Waals surface area contributed by atoms with Crippen LogP contribution in [-0.2, 0) is 4.79 Å². The number of nitrogens with one attached hydrogen (secondary N) is 3. The van der Waals surface area contributed by atoms with Crippen LogP contribution >= 0.6 is 11.6 Å². The number of amides is 2. The summed E-state index contributed by atoms with van der Waals surface area (Å²) in [7, 11) is 0. The Labute approximate surface area is 190 Å². The first-order valence-electron chi connectivity index (χ1n) is 10.1. The molecule has 3 aromatic rings. The highest BCUT2D eigenvalue weighted by molar-refractivity contribution is 6.31. The fourth-order valence-electron chi connectivity index (χ4n) is 3.34. The van der Waals surface area contributed by atoms with E-state index in [0.717, 1.165) is 5.56 Å². The van der Waals surface area contributed by atoms with Gasteiger partial charge in [0.15, 0.2) is 11.5 Å². The van der Waals surface area contributed by atoms with E-state index in [1.165, 1.54) is 0 Å². The second-order valence-electron chi connectivity index (χ2n) is 7.24. The summed E-state index contributed by atoms with van der Waals surface area (Å²) in [6, 6.07) is 19.4. The highest BCUT2D eigenvalue weighted by Gasteiger charge is 2.17. The number of ether oxygens (including phenoxy) is 2. The monoisotopic (exact) mass is 451 g/mol. The summed E-state index contributed by atoms with van der Waals surface area (Å²) < 4.78 is 10.6. The Morgan fingerprint density at radius 2 is 1.72 bits per heavy atom. The molecular weight excluding hydrogens is 430 g/mol. The molecule has 0 aromatic heterocycles. The summed E-state index contributed by atoms with van der Waals surface area (Å²) in [5.74, 6) is 0.585. The Kier molecular flexibility index (Phi) is 6.58. The smallest absolute Gasteiger partial charge is 0.257 e. The van der Waals surface area contributed by atoms with Crippen LogP contribution in [0.25, 0.3) is 0 Å². The third-order valence-corrected chi connectivity index (χ3v) is 5.36. The number of anilines is 2. The average molecular weight is 452 g/mol. The minimum atomic E-state index is -0.350. The van der Waals surface area contributed by atoms with Gasteiger partial charge in [0.1, 0.15) is 0 Å². The molecular formula is C24H22ClN3O4. The summed E-state index contributed by atoms with van der Waals surface area (Å²) >= 11 is 6.22. The number of rotatable bonds is 7. The molecule has 32 heavy (non-hydrogen) atoms. The molecule has 1 aliphatic rings. The average Bonchev–Trinajstić information content (AvgIpc) is 3.26. The molecule has 0 bridgehead atoms. The van der Waals surface area contributed by atoms with Crippen LogP contribution in [-0.4, -0.2) is 25.2 Å². The lowest BCUT2D eigenvalue weighted by Crippen LogP contribution is -2.30. The van der Waals surface area contributed by atoms with E-state index in [2.05, 4.69) is 16.0 Å². The number of para-hydroxylation sites is 1. The van der Waals surface area contributed by atoms with Crippen molar-refractivity contribution in [2.45, 2.75) is 13.0 Å². The van der Waals surface area contributed by atoms with Gasteiger partial charge in [-0.1, -0.05) is 41.9 Å². The molecule has 0 fully saturated rings. The van der Waals surface area contributed by atoms with E-state index < -0.39 is 0 Å². The zero-order chi connectivity index (χ0) is 22.5. The number of carbonyl (C=O) groups excluding carboxylic acids is 2. The Bertz CT molecular complexity index is 1150. The van der Waals surface area contributed by atoms with Gasteiger partial charge in [-0.25, -0.2) is 0 Å². The fraction of sp³-hybridized carbons (Fsp3) is 0.167. The Morgan fingerprint density at radius 3 is 2.56 bits per heavy atom. The van der Waals surface area contributed by atoms with E-state index >= 15 is 0 Å². The molecule has 0 unspecified atom stereocenters. The predicted octanol–water partition coefficient (Wildman–Crippen LogP) is 4.61. The van der Waals surface area contributed by atoms with Crippen LogP contribution in [0.2, 0.25) is 5.02 Å². The summed E-state index contributed by atoms with van der Waals surface area (Å²) in [5, 5.41) is 9.41. The summed E-state index contributed by atoms with van der Waals surface area (Å²) in [6.07, 6.45) is 0. The van der Waals surface area contributed by atoms with Crippen molar-refractivity contribution in [2.24, 2.45) is 0 Å². The van der Waals surface area contributed by atoms with Gasteiger partial charge in [-0.3, -0.25) is 9.59 Å². The molecule has 0 saturated carbocycles. The first kappa shape index (κ1) is 21.7. The van der Waals surface area contributed by atoms with Crippen LogP contribution in [0.1, 0.15) is 28.9 Å². The molecule has 0 radical (unpaired) electrons. The van der Waals surface area contributed by atoms with Crippen molar-refractivity contribution in [1.82, 2.24) is 5.32 Å². The van der Waals surface area contributed by atoms with Gasteiger partial charge in [-0.05, 0) is 42.8 Å². The fourth-order valence-corrected chi connectivity index (χ4v) is 3.64. The maximum Gasteiger partial charge on any atom is 0.257 e. The van der Waals surface area contributed by atoms with Gasteiger partial charge >= 0.3 is 0 Å². The maximum atomic E-state index is 12.8. The van der Waals surface area contributed by atoms with Crippen molar-refractivity contribution in [3.05, 3.63) is 82.9 Å². The molecule has 0 saturated heterocycles. The molecule has 1 atom stereocenters. The lowest BCUT2D eigenvalue weighted by molar-refractivity contribution is -0.115. The third-order valence-electron chi connectivity index (χ3n) is 5.02. The quantitative estimate of drug-likeness (QED) is 0.488. The van der Waals surface area contributed by atoms with Crippen molar-refractivity contribution >= 4 is 34.8 Å². The van der Waals surface area contributed by atoms with Gasteiger partial charge in [-0.2, -0.15) is 0 Å². The Morgan fingerprint density at radius 1 is 0.969 bits per heavy atom. The highest BCUT2D eigenvalue weighted by atomic mass is 35.5. The number of halogens is 1. The zero-order valence-corrected chi connectivity index (χ0v) is 18.1. The molecule has 2 amide bonds. The van der Waals surface area contributed by atoms with Gasteiger partial charge in [0.25, 0.3) is 5.91 Å². The molecule has 1 heterocycles. The first-order chi connectivity index (χ1) is 15.5. The van der Waals surface area contributed by atoms with Crippen molar-refractivity contribution in [3.63, 3.8) is 0 Å². The standard InChI is InChI=1S/C24H22ClN3O4/c1-15(17-6-2-4-8-19(17)25)26-13-23(29)28-20-9-5-3-7-18(20)24(30)27-16-10-11-21-22(12-16)32-14-31-21/h2-12,15,26H,13-14H2,1H3,(H,27,30)(H,28,29)/t15-/m1/s1. The summed E-state index contributed by atoms with van der Waals surface area (Å²) in [5.41, 5.74) is 2.24. The van der Waals surface area contributed by atoms with Gasteiger partial charge in [0.05, 0.1) is 17.8 Å². The summed E-state index contributed by atoms with van der Waals surface area (Å²) in [6.45, 7) is 2.15. The molecule has 7 nitrogen and oxygen atoms in total. The van der Waals surface area contributed by atoms with Gasteiger partial charge in [0, 0.05) is 22.8 Å². The lowest BCUT2D eigenvalue weighted by atomic mass is 10.1.